The minimum atomic E-state index is 0.193. The van der Waals surface area contributed by atoms with Crippen LogP contribution in [0.15, 0.2) is 77.3 Å². The summed E-state index contributed by atoms with van der Waals surface area (Å²) in [6.45, 7) is 1.55. The topological polar surface area (TPSA) is 37.0 Å². The molecule has 4 heteroatoms. The van der Waals surface area contributed by atoms with Crippen LogP contribution in [-0.4, -0.2) is 11.5 Å². The first-order valence-corrected chi connectivity index (χ1v) is 10.4. The fraction of sp³-hybridized carbons (Fsp3) is 0.167. The van der Waals surface area contributed by atoms with E-state index < -0.39 is 0 Å². The molecule has 3 aromatic carbocycles. The van der Waals surface area contributed by atoms with Gasteiger partial charge in [0.1, 0.15) is 12.4 Å². The number of fused-ring (bicyclic) bond motifs is 3. The van der Waals surface area contributed by atoms with Crippen molar-refractivity contribution in [1.29, 1.82) is 0 Å². The Morgan fingerprint density at radius 2 is 1.79 bits per heavy atom. The number of benzene rings is 3. The van der Waals surface area contributed by atoms with E-state index in [-0.39, 0.29) is 6.04 Å². The Labute approximate surface area is 172 Å². The molecule has 5 rings (SSSR count). The molecule has 4 aromatic rings. The molecule has 1 atom stereocenters. The molecule has 0 fully saturated rings. The van der Waals surface area contributed by atoms with E-state index in [0.717, 1.165) is 23.2 Å². The summed E-state index contributed by atoms with van der Waals surface area (Å²) in [5.41, 5.74) is 6.29. The summed E-state index contributed by atoms with van der Waals surface area (Å²) in [5, 5.41) is 4.92. The van der Waals surface area contributed by atoms with Gasteiger partial charge in [0, 0.05) is 27.6 Å². The number of aromatic amines is 1. The highest BCUT2D eigenvalue weighted by Crippen LogP contribution is 2.35. The lowest BCUT2D eigenvalue weighted by molar-refractivity contribution is 0.306. The van der Waals surface area contributed by atoms with Gasteiger partial charge in [-0.05, 0) is 53.4 Å². The van der Waals surface area contributed by atoms with Gasteiger partial charge in [0.15, 0.2) is 0 Å². The standard InChI is InChI=1S/C24H21BrN2O/c25-18-8-6-17(7-9-18)23-24-20(12-13-26-23)21-14-19(10-11-22(21)27-24)28-15-16-4-2-1-3-5-16/h1-11,14,23,26-27H,12-13,15H2. The van der Waals surface area contributed by atoms with Crippen LogP contribution >= 0.6 is 15.9 Å². The summed E-state index contributed by atoms with van der Waals surface area (Å²) in [5.74, 6) is 0.914. The lowest BCUT2D eigenvalue weighted by atomic mass is 9.94. The van der Waals surface area contributed by atoms with Crippen molar-refractivity contribution in [2.24, 2.45) is 0 Å². The SMILES string of the molecule is Brc1ccc(C2NCCc3c2[nH]c2ccc(OCc4ccccc4)cc32)cc1. The zero-order valence-electron chi connectivity index (χ0n) is 15.4. The van der Waals surface area contributed by atoms with Crippen molar-refractivity contribution in [3.63, 3.8) is 0 Å². The van der Waals surface area contributed by atoms with Crippen LogP contribution in [0, 0.1) is 0 Å². The molecule has 1 aliphatic heterocycles. The van der Waals surface area contributed by atoms with Gasteiger partial charge in [-0.2, -0.15) is 0 Å². The molecule has 28 heavy (non-hydrogen) atoms. The van der Waals surface area contributed by atoms with E-state index in [1.807, 2.05) is 18.2 Å². The predicted octanol–water partition coefficient (Wildman–Crippen LogP) is 5.74. The molecule has 140 valence electrons. The predicted molar refractivity (Wildman–Crippen MR) is 117 cm³/mol. The van der Waals surface area contributed by atoms with Crippen LogP contribution in [-0.2, 0) is 13.0 Å². The number of hydrogen-bond acceptors (Lipinski definition) is 2. The van der Waals surface area contributed by atoms with Crippen molar-refractivity contribution >= 4 is 26.8 Å². The van der Waals surface area contributed by atoms with Crippen molar-refractivity contribution in [3.05, 3.63) is 99.7 Å². The monoisotopic (exact) mass is 432 g/mol. The molecule has 0 amide bonds. The van der Waals surface area contributed by atoms with E-state index in [2.05, 4.69) is 80.8 Å². The second kappa shape index (κ2) is 7.46. The Morgan fingerprint density at radius 3 is 2.61 bits per heavy atom. The average molecular weight is 433 g/mol. The van der Waals surface area contributed by atoms with Gasteiger partial charge in [-0.15, -0.1) is 0 Å². The van der Waals surface area contributed by atoms with Crippen LogP contribution in [0.4, 0.5) is 0 Å². The van der Waals surface area contributed by atoms with E-state index in [4.69, 9.17) is 4.74 Å². The van der Waals surface area contributed by atoms with Crippen molar-refractivity contribution in [2.75, 3.05) is 6.54 Å². The van der Waals surface area contributed by atoms with Crippen LogP contribution in [0.5, 0.6) is 5.75 Å². The van der Waals surface area contributed by atoms with Gasteiger partial charge in [0.2, 0.25) is 0 Å². The lowest BCUT2D eigenvalue weighted by Crippen LogP contribution is -2.30. The Bertz CT molecular complexity index is 1100. The summed E-state index contributed by atoms with van der Waals surface area (Å²) in [4.78, 5) is 3.65. The third-order valence-electron chi connectivity index (χ3n) is 5.37. The Morgan fingerprint density at radius 1 is 0.964 bits per heavy atom. The van der Waals surface area contributed by atoms with Gasteiger partial charge in [-0.25, -0.2) is 0 Å². The molecule has 3 nitrogen and oxygen atoms in total. The normalized spacial score (nSPS) is 16.1. The van der Waals surface area contributed by atoms with Crippen LogP contribution in [0.25, 0.3) is 10.9 Å². The number of ether oxygens (including phenoxy) is 1. The van der Waals surface area contributed by atoms with E-state index in [1.165, 1.54) is 33.3 Å². The molecular formula is C24H21BrN2O. The van der Waals surface area contributed by atoms with E-state index in [0.29, 0.717) is 6.61 Å². The smallest absolute Gasteiger partial charge is 0.120 e. The molecule has 0 spiro atoms. The van der Waals surface area contributed by atoms with Crippen molar-refractivity contribution in [2.45, 2.75) is 19.1 Å². The molecule has 2 heterocycles. The Kier molecular flexibility index (Phi) is 4.67. The van der Waals surface area contributed by atoms with Gasteiger partial charge < -0.3 is 15.0 Å². The number of H-pyrrole nitrogens is 1. The second-order valence-corrected chi connectivity index (χ2v) is 8.10. The second-order valence-electron chi connectivity index (χ2n) is 7.19. The molecule has 0 radical (unpaired) electrons. The van der Waals surface area contributed by atoms with Crippen LogP contribution in [0.1, 0.15) is 28.4 Å². The van der Waals surface area contributed by atoms with Gasteiger partial charge in [0.05, 0.1) is 6.04 Å². The molecule has 0 saturated carbocycles. The van der Waals surface area contributed by atoms with E-state index in [9.17, 15) is 0 Å². The molecule has 0 bridgehead atoms. The highest BCUT2D eigenvalue weighted by atomic mass is 79.9. The molecule has 0 aliphatic carbocycles. The molecule has 1 aromatic heterocycles. The Hall–Kier alpha value is -2.56. The quantitative estimate of drug-likeness (QED) is 0.431. The minimum absolute atomic E-state index is 0.193. The van der Waals surface area contributed by atoms with Crippen molar-refractivity contribution < 1.29 is 4.74 Å². The largest absolute Gasteiger partial charge is 0.489 e. The molecule has 2 N–H and O–H groups in total. The van der Waals surface area contributed by atoms with Gasteiger partial charge in [-0.3, -0.25) is 0 Å². The summed E-state index contributed by atoms with van der Waals surface area (Å²) >= 11 is 3.53. The number of aromatic nitrogens is 1. The highest BCUT2D eigenvalue weighted by Gasteiger charge is 2.25. The zero-order chi connectivity index (χ0) is 18.9. The fourth-order valence-electron chi connectivity index (χ4n) is 3.98. The third-order valence-corrected chi connectivity index (χ3v) is 5.90. The van der Waals surface area contributed by atoms with E-state index >= 15 is 0 Å². The maximum absolute atomic E-state index is 6.05. The fourth-order valence-corrected chi connectivity index (χ4v) is 4.24. The van der Waals surface area contributed by atoms with Crippen molar-refractivity contribution in [3.8, 4) is 5.75 Å². The number of rotatable bonds is 4. The summed E-state index contributed by atoms with van der Waals surface area (Å²) < 4.78 is 7.15. The van der Waals surface area contributed by atoms with Gasteiger partial charge in [0.25, 0.3) is 0 Å². The third kappa shape index (κ3) is 3.34. The zero-order valence-corrected chi connectivity index (χ0v) is 17.0. The summed E-state index contributed by atoms with van der Waals surface area (Å²) in [6.07, 6.45) is 1.02. The first-order valence-electron chi connectivity index (χ1n) is 9.58. The average Bonchev–Trinajstić information content (AvgIpc) is 3.12. The first-order chi connectivity index (χ1) is 13.8. The molecule has 0 saturated heterocycles. The number of halogens is 1. The van der Waals surface area contributed by atoms with E-state index in [1.54, 1.807) is 0 Å². The molecule has 1 unspecified atom stereocenters. The maximum atomic E-state index is 6.05. The maximum Gasteiger partial charge on any atom is 0.120 e. The highest BCUT2D eigenvalue weighted by molar-refractivity contribution is 9.10. The summed E-state index contributed by atoms with van der Waals surface area (Å²) in [6, 6.07) is 25.4. The van der Waals surface area contributed by atoms with Crippen LogP contribution in [0.2, 0.25) is 0 Å². The lowest BCUT2D eigenvalue weighted by Gasteiger charge is -2.25. The van der Waals surface area contributed by atoms with Crippen LogP contribution in [0.3, 0.4) is 0 Å². The molecule has 1 aliphatic rings. The first kappa shape index (κ1) is 17.5. The van der Waals surface area contributed by atoms with Crippen molar-refractivity contribution in [1.82, 2.24) is 10.3 Å². The Balaban J connectivity index is 1.47. The van der Waals surface area contributed by atoms with Crippen LogP contribution < -0.4 is 10.1 Å². The molecular weight excluding hydrogens is 412 g/mol. The number of nitrogens with one attached hydrogen (secondary N) is 2. The minimum Gasteiger partial charge on any atom is -0.489 e. The van der Waals surface area contributed by atoms with Gasteiger partial charge >= 0.3 is 0 Å². The number of hydrogen-bond donors (Lipinski definition) is 2. The summed E-state index contributed by atoms with van der Waals surface area (Å²) in [7, 11) is 0. The van der Waals surface area contributed by atoms with Gasteiger partial charge in [-0.1, -0.05) is 58.4 Å².